The van der Waals surface area contributed by atoms with Crippen molar-refractivity contribution in [2.75, 3.05) is 26.2 Å². The van der Waals surface area contributed by atoms with Crippen molar-refractivity contribution >= 4 is 27.4 Å². The van der Waals surface area contributed by atoms with Gasteiger partial charge >= 0.3 is 0 Å². The standard InChI is InChI=1S/C19H26N4O2S2/c1-15-6-2-4-8-17(15)21-19(26)22-10-12-23(13-11-22)27(24,25)18-9-5-3-7-16(18)14-20/h3,5,7,9,15,17H,2,4,6,8,10-13H2,1H3,(H,21,26)/t15-,17-/m1/s1. The number of nitriles is 1. The number of thiocarbonyl (C=S) groups is 1. The van der Waals surface area contributed by atoms with Crippen molar-refractivity contribution in [2.24, 2.45) is 5.92 Å². The van der Waals surface area contributed by atoms with Crippen LogP contribution in [-0.2, 0) is 10.0 Å². The molecule has 1 aliphatic heterocycles. The zero-order chi connectivity index (χ0) is 19.4. The molecule has 146 valence electrons. The third kappa shape index (κ3) is 4.42. The summed E-state index contributed by atoms with van der Waals surface area (Å²) in [6, 6.07) is 8.73. The molecule has 3 rings (SSSR count). The van der Waals surface area contributed by atoms with Gasteiger partial charge < -0.3 is 10.2 Å². The zero-order valence-corrected chi connectivity index (χ0v) is 17.2. The van der Waals surface area contributed by atoms with E-state index in [1.807, 2.05) is 6.07 Å². The molecule has 1 saturated carbocycles. The highest BCUT2D eigenvalue weighted by atomic mass is 32.2. The first-order chi connectivity index (χ1) is 12.9. The molecule has 0 unspecified atom stereocenters. The molecule has 6 nitrogen and oxygen atoms in total. The SMILES string of the molecule is C[C@@H]1CCCC[C@H]1NC(=S)N1CCN(S(=O)(=O)c2ccccc2C#N)CC1. The number of rotatable bonds is 3. The highest BCUT2D eigenvalue weighted by Gasteiger charge is 2.31. The number of hydrogen-bond donors (Lipinski definition) is 1. The van der Waals surface area contributed by atoms with E-state index < -0.39 is 10.0 Å². The van der Waals surface area contributed by atoms with Crippen molar-refractivity contribution in [3.63, 3.8) is 0 Å². The van der Waals surface area contributed by atoms with Gasteiger partial charge in [-0.05, 0) is 43.1 Å². The van der Waals surface area contributed by atoms with Crippen LogP contribution in [0.15, 0.2) is 29.2 Å². The quantitative estimate of drug-likeness (QED) is 0.777. The maximum absolute atomic E-state index is 12.9. The number of nitrogens with zero attached hydrogens (tertiary/aromatic N) is 3. The van der Waals surface area contributed by atoms with E-state index in [4.69, 9.17) is 12.2 Å². The molecule has 2 fully saturated rings. The van der Waals surface area contributed by atoms with Crippen molar-refractivity contribution in [3.05, 3.63) is 29.8 Å². The van der Waals surface area contributed by atoms with Crippen LogP contribution in [0.25, 0.3) is 0 Å². The molecule has 1 N–H and O–H groups in total. The van der Waals surface area contributed by atoms with E-state index in [1.54, 1.807) is 12.1 Å². The maximum atomic E-state index is 12.9. The molecule has 1 saturated heterocycles. The first-order valence-corrected chi connectivity index (χ1v) is 11.3. The van der Waals surface area contributed by atoms with Crippen LogP contribution in [0.4, 0.5) is 0 Å². The van der Waals surface area contributed by atoms with Crippen molar-refractivity contribution in [1.29, 1.82) is 5.26 Å². The molecule has 1 aliphatic carbocycles. The predicted molar refractivity (Wildman–Crippen MR) is 109 cm³/mol. The van der Waals surface area contributed by atoms with E-state index in [-0.39, 0.29) is 10.5 Å². The highest BCUT2D eigenvalue weighted by Crippen LogP contribution is 2.24. The average Bonchev–Trinajstić information content (AvgIpc) is 2.69. The monoisotopic (exact) mass is 406 g/mol. The van der Waals surface area contributed by atoms with Gasteiger partial charge in [0, 0.05) is 32.2 Å². The molecular weight excluding hydrogens is 380 g/mol. The van der Waals surface area contributed by atoms with E-state index in [1.165, 1.54) is 35.7 Å². The van der Waals surface area contributed by atoms with Crippen molar-refractivity contribution in [3.8, 4) is 6.07 Å². The van der Waals surface area contributed by atoms with Gasteiger partial charge in [-0.3, -0.25) is 0 Å². The first-order valence-electron chi connectivity index (χ1n) is 9.48. The second-order valence-corrected chi connectivity index (χ2v) is 9.61. The summed E-state index contributed by atoms with van der Waals surface area (Å²) >= 11 is 5.58. The predicted octanol–water partition coefficient (Wildman–Crippen LogP) is 2.32. The lowest BCUT2D eigenvalue weighted by Crippen LogP contribution is -2.55. The summed E-state index contributed by atoms with van der Waals surface area (Å²) in [5.74, 6) is 0.612. The van der Waals surface area contributed by atoms with Gasteiger partial charge in [-0.25, -0.2) is 8.42 Å². The van der Waals surface area contributed by atoms with Gasteiger partial charge in [0.2, 0.25) is 10.0 Å². The second-order valence-electron chi connectivity index (χ2n) is 7.32. The molecule has 1 heterocycles. The van der Waals surface area contributed by atoms with Gasteiger partial charge in [0.25, 0.3) is 0 Å². The van der Waals surface area contributed by atoms with Gasteiger partial charge in [0.1, 0.15) is 6.07 Å². The Hall–Kier alpha value is -1.69. The van der Waals surface area contributed by atoms with Gasteiger partial charge in [0.05, 0.1) is 10.5 Å². The van der Waals surface area contributed by atoms with Gasteiger partial charge in [-0.15, -0.1) is 0 Å². The summed E-state index contributed by atoms with van der Waals surface area (Å²) in [6.45, 7) is 4.10. The first kappa shape index (κ1) is 20.1. The van der Waals surface area contributed by atoms with E-state index in [0.29, 0.717) is 38.1 Å². The Bertz CT molecular complexity index is 826. The number of hydrogen-bond acceptors (Lipinski definition) is 4. The normalized spacial score (nSPS) is 24.2. The van der Waals surface area contributed by atoms with Crippen molar-refractivity contribution in [1.82, 2.24) is 14.5 Å². The van der Waals surface area contributed by atoms with Crippen LogP contribution in [0.2, 0.25) is 0 Å². The fourth-order valence-corrected chi connectivity index (χ4v) is 5.73. The number of nitrogens with one attached hydrogen (secondary N) is 1. The molecule has 0 bridgehead atoms. The van der Waals surface area contributed by atoms with E-state index in [9.17, 15) is 13.7 Å². The van der Waals surface area contributed by atoms with E-state index in [0.717, 1.165) is 11.5 Å². The molecule has 1 aromatic carbocycles. The van der Waals surface area contributed by atoms with Crippen LogP contribution in [0.5, 0.6) is 0 Å². The zero-order valence-electron chi connectivity index (χ0n) is 15.6. The van der Waals surface area contributed by atoms with Gasteiger partial charge in [-0.1, -0.05) is 31.9 Å². The second kappa shape index (κ2) is 8.55. The lowest BCUT2D eigenvalue weighted by Gasteiger charge is -2.38. The Morgan fingerprint density at radius 2 is 1.85 bits per heavy atom. The molecular formula is C19H26N4O2S2. The van der Waals surface area contributed by atoms with Crippen LogP contribution < -0.4 is 5.32 Å². The van der Waals surface area contributed by atoms with E-state index in [2.05, 4.69) is 17.1 Å². The molecule has 1 aromatic rings. The summed E-state index contributed by atoms with van der Waals surface area (Å²) in [4.78, 5) is 2.14. The number of piperazine rings is 1. The van der Waals surface area contributed by atoms with Gasteiger partial charge in [-0.2, -0.15) is 9.57 Å². The molecule has 2 aliphatic rings. The molecule has 0 amide bonds. The summed E-state index contributed by atoms with van der Waals surface area (Å²) in [7, 11) is -3.67. The summed E-state index contributed by atoms with van der Waals surface area (Å²) in [6.07, 6.45) is 4.88. The lowest BCUT2D eigenvalue weighted by molar-refractivity contribution is 0.251. The van der Waals surface area contributed by atoms with Crippen LogP contribution in [0.3, 0.4) is 0 Å². The minimum atomic E-state index is -3.67. The summed E-state index contributed by atoms with van der Waals surface area (Å²) < 4.78 is 27.3. The molecule has 2 atom stereocenters. The Labute approximate surface area is 167 Å². The maximum Gasteiger partial charge on any atom is 0.244 e. The molecule has 27 heavy (non-hydrogen) atoms. The van der Waals surface area contributed by atoms with Gasteiger partial charge in [0.15, 0.2) is 5.11 Å². The largest absolute Gasteiger partial charge is 0.360 e. The molecule has 8 heteroatoms. The fourth-order valence-electron chi connectivity index (χ4n) is 3.84. The Morgan fingerprint density at radius 3 is 2.52 bits per heavy atom. The Morgan fingerprint density at radius 1 is 1.19 bits per heavy atom. The third-order valence-electron chi connectivity index (χ3n) is 5.57. The van der Waals surface area contributed by atoms with Crippen LogP contribution in [0, 0.1) is 17.2 Å². The van der Waals surface area contributed by atoms with Crippen molar-refractivity contribution < 1.29 is 8.42 Å². The van der Waals surface area contributed by atoms with Crippen LogP contribution >= 0.6 is 12.2 Å². The minimum absolute atomic E-state index is 0.0812. The number of sulfonamides is 1. The summed E-state index contributed by atoms with van der Waals surface area (Å²) in [5, 5.41) is 13.4. The number of benzene rings is 1. The smallest absolute Gasteiger partial charge is 0.244 e. The fraction of sp³-hybridized carbons (Fsp3) is 0.579. The van der Waals surface area contributed by atoms with Crippen LogP contribution in [-0.4, -0.2) is 55.0 Å². The molecule has 0 radical (unpaired) electrons. The average molecular weight is 407 g/mol. The molecule has 0 aromatic heterocycles. The topological polar surface area (TPSA) is 76.4 Å². The van der Waals surface area contributed by atoms with E-state index >= 15 is 0 Å². The minimum Gasteiger partial charge on any atom is -0.360 e. The van der Waals surface area contributed by atoms with Crippen molar-refractivity contribution in [2.45, 2.75) is 43.5 Å². The Balaban J connectivity index is 1.61. The third-order valence-corrected chi connectivity index (χ3v) is 7.90. The Kier molecular flexibility index (Phi) is 6.35. The highest BCUT2D eigenvalue weighted by molar-refractivity contribution is 7.89. The lowest BCUT2D eigenvalue weighted by atomic mass is 9.86. The summed E-state index contributed by atoms with van der Waals surface area (Å²) in [5.41, 5.74) is 0.184. The van der Waals surface area contributed by atoms with Crippen LogP contribution in [0.1, 0.15) is 38.2 Å². The molecule has 0 spiro atoms.